The zero-order valence-corrected chi connectivity index (χ0v) is 27.3. The number of hydrogen-bond donors (Lipinski definition) is 0. The Morgan fingerprint density at radius 1 is 0.720 bits per heavy atom. The Bertz CT molecular complexity index is 2410. The molecule has 5 aliphatic rings. The van der Waals surface area contributed by atoms with E-state index in [-0.39, 0.29) is 17.9 Å². The smallest absolute Gasteiger partial charge is 0.101 e. The van der Waals surface area contributed by atoms with Gasteiger partial charge in [-0.3, -0.25) is 0 Å². The minimum Gasteiger partial charge on any atom is -0.336 e. The first-order valence-corrected chi connectivity index (χ1v) is 17.1. The van der Waals surface area contributed by atoms with Gasteiger partial charge in [-0.1, -0.05) is 72.9 Å². The van der Waals surface area contributed by atoms with Crippen LogP contribution in [0.4, 0.5) is 17.1 Å². The highest BCUT2D eigenvalue weighted by Gasteiger charge is 2.43. The zero-order chi connectivity index (χ0) is 33.8. The molecule has 3 unspecified atom stereocenters. The van der Waals surface area contributed by atoms with Gasteiger partial charge in [0.1, 0.15) is 6.07 Å². The van der Waals surface area contributed by atoms with Crippen molar-refractivity contribution in [2.45, 2.75) is 31.2 Å². The van der Waals surface area contributed by atoms with Crippen molar-refractivity contribution in [3.63, 3.8) is 0 Å². The first-order chi connectivity index (χ1) is 24.7. The molecule has 9 rings (SSSR count). The summed E-state index contributed by atoms with van der Waals surface area (Å²) in [6, 6.07) is 37.8. The van der Waals surface area contributed by atoms with E-state index in [0.717, 1.165) is 53.0 Å². The Kier molecular flexibility index (Phi) is 6.98. The van der Waals surface area contributed by atoms with Crippen LogP contribution in [0, 0.1) is 39.9 Å². The highest BCUT2D eigenvalue weighted by Crippen LogP contribution is 2.54. The Morgan fingerprint density at radius 2 is 1.52 bits per heavy atom. The van der Waals surface area contributed by atoms with Crippen LogP contribution in [0.2, 0.25) is 0 Å². The van der Waals surface area contributed by atoms with Crippen molar-refractivity contribution in [3.8, 4) is 18.2 Å². The molecule has 4 aromatic rings. The normalized spacial score (nSPS) is 21.1. The average Bonchev–Trinajstić information content (AvgIpc) is 3.70. The maximum atomic E-state index is 10.0. The van der Waals surface area contributed by atoms with Gasteiger partial charge < -0.3 is 9.80 Å². The number of nitrogens with zero attached hydrogens (tertiary/aromatic N) is 5. The van der Waals surface area contributed by atoms with E-state index < -0.39 is 0 Å². The van der Waals surface area contributed by atoms with Crippen molar-refractivity contribution in [2.75, 3.05) is 9.80 Å². The van der Waals surface area contributed by atoms with E-state index in [1.165, 1.54) is 28.1 Å². The number of nitriles is 3. The van der Waals surface area contributed by atoms with Gasteiger partial charge in [0.05, 0.1) is 40.6 Å². The highest BCUT2D eigenvalue weighted by molar-refractivity contribution is 5.93. The molecule has 5 nitrogen and oxygen atoms in total. The third-order valence-electron chi connectivity index (χ3n) is 10.7. The predicted octanol–water partition coefficient (Wildman–Crippen LogP) is 9.97. The molecule has 2 heterocycles. The molecule has 0 saturated heterocycles. The predicted molar refractivity (Wildman–Crippen MR) is 198 cm³/mol. The van der Waals surface area contributed by atoms with Gasteiger partial charge in [0, 0.05) is 40.2 Å². The van der Waals surface area contributed by atoms with Crippen LogP contribution in [0.3, 0.4) is 0 Å². The lowest BCUT2D eigenvalue weighted by molar-refractivity contribution is 0.682. The lowest BCUT2D eigenvalue weighted by atomic mass is 9.80. The van der Waals surface area contributed by atoms with Crippen LogP contribution in [0.25, 0.3) is 11.1 Å². The van der Waals surface area contributed by atoms with E-state index >= 15 is 0 Å². The number of fused-ring (bicyclic) bond motifs is 5. The summed E-state index contributed by atoms with van der Waals surface area (Å²) in [5.74, 6) is 0.285. The lowest BCUT2D eigenvalue weighted by Gasteiger charge is -2.31. The summed E-state index contributed by atoms with van der Waals surface area (Å²) in [6.07, 6.45) is 18.5. The molecule has 0 radical (unpaired) electrons. The second-order valence-corrected chi connectivity index (χ2v) is 13.3. The molecular formula is C45H31N5. The Balaban J connectivity index is 1.18. The number of rotatable bonds is 4. The van der Waals surface area contributed by atoms with Gasteiger partial charge >= 0.3 is 0 Å². The van der Waals surface area contributed by atoms with Crippen LogP contribution in [0.5, 0.6) is 0 Å². The van der Waals surface area contributed by atoms with E-state index in [9.17, 15) is 15.8 Å². The van der Waals surface area contributed by atoms with Gasteiger partial charge in [0.2, 0.25) is 0 Å². The third kappa shape index (κ3) is 4.51. The van der Waals surface area contributed by atoms with Crippen molar-refractivity contribution in [1.82, 2.24) is 0 Å². The molecule has 50 heavy (non-hydrogen) atoms. The first-order valence-electron chi connectivity index (χ1n) is 17.1. The molecule has 0 N–H and O–H groups in total. The minimum atomic E-state index is 0.101. The number of para-hydroxylation sites is 1. The van der Waals surface area contributed by atoms with Crippen molar-refractivity contribution in [1.29, 1.82) is 15.8 Å². The Labute approximate surface area is 292 Å². The third-order valence-corrected chi connectivity index (χ3v) is 10.7. The van der Waals surface area contributed by atoms with Crippen molar-refractivity contribution in [3.05, 3.63) is 184 Å². The summed E-state index contributed by atoms with van der Waals surface area (Å²) in [5.41, 5.74) is 14.7. The maximum absolute atomic E-state index is 10.0. The van der Waals surface area contributed by atoms with Gasteiger partial charge in [-0.2, -0.15) is 15.8 Å². The fourth-order valence-electron chi connectivity index (χ4n) is 8.58. The Morgan fingerprint density at radius 3 is 2.36 bits per heavy atom. The van der Waals surface area contributed by atoms with Gasteiger partial charge in [-0.25, -0.2) is 0 Å². The van der Waals surface area contributed by atoms with E-state index in [1.807, 2.05) is 54.6 Å². The van der Waals surface area contributed by atoms with Gasteiger partial charge in [-0.15, -0.1) is 0 Å². The summed E-state index contributed by atoms with van der Waals surface area (Å²) in [4.78, 5) is 4.73. The van der Waals surface area contributed by atoms with Crippen molar-refractivity contribution >= 4 is 28.2 Å². The molecule has 5 heteroatoms. The van der Waals surface area contributed by atoms with Gasteiger partial charge in [0.15, 0.2) is 0 Å². The van der Waals surface area contributed by atoms with E-state index in [0.29, 0.717) is 16.7 Å². The van der Waals surface area contributed by atoms with Crippen LogP contribution in [0.1, 0.15) is 58.6 Å². The second-order valence-electron chi connectivity index (χ2n) is 13.3. The standard InChI is InChI=1S/C45H31N5/c46-26-29-18-21-34(22-19-29)49-42-23-20-30(27-47)24-39(42)37-14-6-13-36(45(37)49)32-10-5-9-31(25-32)35-12-7-17-43-44(35)38-11-2-4-16-41(38)50(43)40-15-3-1-8-33(40)28-48/h1-6,8-13,15-16,18-25,37-38,41H,7,14,17H2. The number of benzene rings is 4. The molecule has 0 amide bonds. The summed E-state index contributed by atoms with van der Waals surface area (Å²) in [5, 5.41) is 29.3. The molecule has 0 saturated carbocycles. The monoisotopic (exact) mass is 641 g/mol. The maximum Gasteiger partial charge on any atom is 0.101 e. The SMILES string of the molecule is N#Cc1ccc(N2C3=C(c4cccc(C5=CCCC6=C5C5C=CC=CC5N6c5ccccc5C#N)c4)C=CCC3c3cc(C#N)ccc32)cc1. The molecule has 0 spiro atoms. The topological polar surface area (TPSA) is 77.8 Å². The van der Waals surface area contributed by atoms with E-state index in [1.54, 1.807) is 0 Å². The molecule has 0 fully saturated rings. The molecule has 3 aliphatic carbocycles. The average molecular weight is 642 g/mol. The molecule has 2 aliphatic heterocycles. The molecular weight excluding hydrogens is 611 g/mol. The molecule has 3 atom stereocenters. The van der Waals surface area contributed by atoms with Gasteiger partial charge in [-0.05, 0) is 108 Å². The van der Waals surface area contributed by atoms with Crippen molar-refractivity contribution < 1.29 is 0 Å². The summed E-state index contributed by atoms with van der Waals surface area (Å²) in [7, 11) is 0. The first kappa shape index (κ1) is 29.5. The van der Waals surface area contributed by atoms with E-state index in [2.05, 4.69) is 107 Å². The van der Waals surface area contributed by atoms with Gasteiger partial charge in [0.25, 0.3) is 0 Å². The zero-order valence-electron chi connectivity index (χ0n) is 27.3. The number of anilines is 3. The number of hydrogen-bond acceptors (Lipinski definition) is 5. The fourth-order valence-corrected chi connectivity index (χ4v) is 8.58. The largest absolute Gasteiger partial charge is 0.336 e. The number of allylic oxidation sites excluding steroid dienone is 9. The fraction of sp³-hybridized carbons (Fsp3) is 0.133. The van der Waals surface area contributed by atoms with E-state index in [4.69, 9.17) is 0 Å². The van der Waals surface area contributed by atoms with Crippen LogP contribution < -0.4 is 9.80 Å². The summed E-state index contributed by atoms with van der Waals surface area (Å²) in [6.45, 7) is 0. The highest BCUT2D eigenvalue weighted by atomic mass is 15.2. The van der Waals surface area contributed by atoms with Crippen LogP contribution in [-0.2, 0) is 0 Å². The summed E-state index contributed by atoms with van der Waals surface area (Å²) >= 11 is 0. The Hall–Kier alpha value is -6.61. The van der Waals surface area contributed by atoms with Crippen LogP contribution in [-0.4, -0.2) is 6.04 Å². The second kappa shape index (κ2) is 11.8. The molecule has 0 aromatic heterocycles. The minimum absolute atomic E-state index is 0.101. The summed E-state index contributed by atoms with van der Waals surface area (Å²) < 4.78 is 0. The molecule has 236 valence electrons. The van der Waals surface area contributed by atoms with Crippen LogP contribution in [0.15, 0.2) is 150 Å². The molecule has 4 aromatic carbocycles. The lowest BCUT2D eigenvalue weighted by Crippen LogP contribution is -2.33. The molecule has 0 bridgehead atoms. The van der Waals surface area contributed by atoms with Crippen molar-refractivity contribution in [2.24, 2.45) is 5.92 Å². The quantitative estimate of drug-likeness (QED) is 0.222. The van der Waals surface area contributed by atoms with Crippen LogP contribution >= 0.6 is 0 Å².